The fourth-order valence-corrected chi connectivity index (χ4v) is 3.89. The number of aromatic hydroxyl groups is 1. The minimum atomic E-state index is -4.58. The molecular weight excluding hydrogens is 565 g/mol. The van der Waals surface area contributed by atoms with E-state index in [-0.39, 0.29) is 43.5 Å². The molecule has 43 heavy (non-hydrogen) atoms. The second-order valence-corrected chi connectivity index (χ2v) is 9.19. The van der Waals surface area contributed by atoms with Gasteiger partial charge >= 0.3 is 6.18 Å². The first-order valence-electron chi connectivity index (χ1n) is 13.5. The Morgan fingerprint density at radius 1 is 0.721 bits per heavy atom. The maximum absolute atomic E-state index is 13.1. The summed E-state index contributed by atoms with van der Waals surface area (Å²) in [4.78, 5) is 25.5. The van der Waals surface area contributed by atoms with E-state index in [1.165, 1.54) is 18.2 Å². The summed E-state index contributed by atoms with van der Waals surface area (Å²) in [7, 11) is 0. The van der Waals surface area contributed by atoms with E-state index in [0.29, 0.717) is 37.2 Å². The molecular formula is C30H31F3N6O4. The molecule has 0 aliphatic carbocycles. The van der Waals surface area contributed by atoms with Crippen molar-refractivity contribution >= 4 is 35.0 Å². The van der Waals surface area contributed by atoms with Crippen molar-refractivity contribution in [2.75, 3.05) is 48.9 Å². The Kier molecular flexibility index (Phi) is 11.2. The number of carbonyl (C=O) groups excluding carboxylic acids is 1. The maximum atomic E-state index is 13.1. The number of para-hydroxylation sites is 1. The molecule has 0 radical (unpaired) electrons. The van der Waals surface area contributed by atoms with Gasteiger partial charge in [-0.3, -0.25) is 4.79 Å². The van der Waals surface area contributed by atoms with Crippen LogP contribution in [0.25, 0.3) is 0 Å². The molecule has 226 valence electrons. The molecule has 0 saturated heterocycles. The van der Waals surface area contributed by atoms with Crippen molar-refractivity contribution < 1.29 is 32.5 Å². The zero-order chi connectivity index (χ0) is 30.5. The van der Waals surface area contributed by atoms with Crippen LogP contribution < -0.4 is 16.0 Å². The van der Waals surface area contributed by atoms with Gasteiger partial charge in [-0.05, 0) is 48.9 Å². The van der Waals surface area contributed by atoms with E-state index in [0.717, 1.165) is 11.8 Å². The molecule has 0 bridgehead atoms. The van der Waals surface area contributed by atoms with Crippen molar-refractivity contribution in [3.63, 3.8) is 0 Å². The molecule has 0 spiro atoms. The second kappa shape index (κ2) is 15.5. The van der Waals surface area contributed by atoms with Gasteiger partial charge in [-0.1, -0.05) is 36.4 Å². The van der Waals surface area contributed by atoms with Crippen LogP contribution in [-0.4, -0.2) is 58.8 Å². The molecule has 1 aromatic heterocycles. The van der Waals surface area contributed by atoms with Crippen molar-refractivity contribution in [2.24, 2.45) is 0 Å². The molecule has 0 saturated carbocycles. The van der Waals surface area contributed by atoms with Crippen molar-refractivity contribution in [1.82, 2.24) is 15.0 Å². The molecule has 0 aliphatic rings. The van der Waals surface area contributed by atoms with Gasteiger partial charge < -0.3 is 30.5 Å². The summed E-state index contributed by atoms with van der Waals surface area (Å²) in [6.45, 7) is 1.49. The lowest BCUT2D eigenvalue weighted by atomic mass is 10.0. The van der Waals surface area contributed by atoms with Crippen molar-refractivity contribution in [1.29, 1.82) is 0 Å². The average Bonchev–Trinajstić information content (AvgIpc) is 2.99. The first-order valence-corrected chi connectivity index (χ1v) is 13.5. The lowest BCUT2D eigenvalue weighted by Crippen LogP contribution is -2.16. The number of phenolic OH excluding ortho intramolecular Hbond substituents is 1. The number of Topliss-reactive ketones (excluding diaryl/α,β-unsaturated/α-hetero) is 1. The number of alkyl halides is 3. The fourth-order valence-electron chi connectivity index (χ4n) is 3.89. The Bertz CT molecular complexity index is 1460. The summed E-state index contributed by atoms with van der Waals surface area (Å²) >= 11 is 0. The van der Waals surface area contributed by atoms with Crippen molar-refractivity contribution in [2.45, 2.75) is 19.0 Å². The van der Waals surface area contributed by atoms with Crippen LogP contribution in [0.15, 0.2) is 78.9 Å². The highest BCUT2D eigenvalue weighted by molar-refractivity contribution is 5.97. The number of carbonyl (C=O) groups is 1. The number of halogens is 3. The topological polar surface area (TPSA) is 131 Å². The van der Waals surface area contributed by atoms with Gasteiger partial charge in [0.05, 0.1) is 25.4 Å². The number of phenols is 1. The molecule has 0 fully saturated rings. The highest BCUT2D eigenvalue weighted by Gasteiger charge is 2.34. The number of benzene rings is 3. The molecule has 3 aromatic carbocycles. The first kappa shape index (κ1) is 31.2. The predicted octanol–water partition coefficient (Wildman–Crippen LogP) is 6.19. The summed E-state index contributed by atoms with van der Waals surface area (Å²) < 4.78 is 50.3. The SMILES string of the molecule is O=C(CCCOCCOCCNc1nc(Nc2ccccc2)nc(Nc2ccc(O)cc2)n1)c1ccccc1C(F)(F)F. The number of ether oxygens (including phenoxy) is 2. The van der Waals surface area contributed by atoms with Crippen LogP contribution in [0.1, 0.15) is 28.8 Å². The number of rotatable bonds is 16. The van der Waals surface area contributed by atoms with Gasteiger partial charge in [-0.2, -0.15) is 28.1 Å². The van der Waals surface area contributed by atoms with Gasteiger partial charge in [0, 0.05) is 36.5 Å². The molecule has 13 heteroatoms. The highest BCUT2D eigenvalue weighted by Crippen LogP contribution is 2.32. The third kappa shape index (κ3) is 10.2. The molecule has 1 heterocycles. The first-order chi connectivity index (χ1) is 20.8. The summed E-state index contributed by atoms with van der Waals surface area (Å²) in [5.41, 5.74) is 0.234. The zero-order valence-corrected chi connectivity index (χ0v) is 23.1. The molecule has 4 N–H and O–H groups in total. The molecule has 0 aliphatic heterocycles. The van der Waals surface area contributed by atoms with Crippen LogP contribution in [0.2, 0.25) is 0 Å². The third-order valence-electron chi connectivity index (χ3n) is 5.92. The lowest BCUT2D eigenvalue weighted by molar-refractivity contribution is -0.137. The molecule has 0 unspecified atom stereocenters. The largest absolute Gasteiger partial charge is 0.508 e. The average molecular weight is 597 g/mol. The third-order valence-corrected chi connectivity index (χ3v) is 5.92. The van der Waals surface area contributed by atoms with E-state index in [2.05, 4.69) is 30.9 Å². The van der Waals surface area contributed by atoms with Crippen LogP contribution >= 0.6 is 0 Å². The summed E-state index contributed by atoms with van der Waals surface area (Å²) in [6.07, 6.45) is -4.33. The fraction of sp³-hybridized carbons (Fsp3) is 0.267. The summed E-state index contributed by atoms with van der Waals surface area (Å²) in [6, 6.07) is 20.7. The normalized spacial score (nSPS) is 11.2. The van der Waals surface area contributed by atoms with Crippen LogP contribution in [-0.2, 0) is 15.7 Å². The Labute approximate surface area is 246 Å². The minimum absolute atomic E-state index is 0.0471. The highest BCUT2D eigenvalue weighted by atomic mass is 19.4. The number of aromatic nitrogens is 3. The second-order valence-electron chi connectivity index (χ2n) is 9.19. The van der Waals surface area contributed by atoms with E-state index in [1.54, 1.807) is 24.3 Å². The van der Waals surface area contributed by atoms with Crippen LogP contribution in [0, 0.1) is 0 Å². The number of nitrogens with one attached hydrogen (secondary N) is 3. The van der Waals surface area contributed by atoms with E-state index < -0.39 is 17.5 Å². The molecule has 4 rings (SSSR count). The monoisotopic (exact) mass is 596 g/mol. The van der Waals surface area contributed by atoms with Gasteiger partial charge in [0.2, 0.25) is 17.8 Å². The van der Waals surface area contributed by atoms with Gasteiger partial charge in [-0.25, -0.2) is 0 Å². The minimum Gasteiger partial charge on any atom is -0.508 e. The quantitative estimate of drug-likeness (QED) is 0.0675. The maximum Gasteiger partial charge on any atom is 0.417 e. The lowest BCUT2D eigenvalue weighted by Gasteiger charge is -2.12. The Hall–Kier alpha value is -4.75. The van der Waals surface area contributed by atoms with Gasteiger partial charge in [0.25, 0.3) is 0 Å². The number of ketones is 1. The molecule has 0 amide bonds. The van der Waals surface area contributed by atoms with Gasteiger partial charge in [0.1, 0.15) is 5.75 Å². The zero-order valence-electron chi connectivity index (χ0n) is 23.1. The van der Waals surface area contributed by atoms with E-state index in [4.69, 9.17) is 9.47 Å². The van der Waals surface area contributed by atoms with Gasteiger partial charge in [-0.15, -0.1) is 0 Å². The van der Waals surface area contributed by atoms with E-state index in [1.807, 2.05) is 30.3 Å². The Balaban J connectivity index is 1.18. The van der Waals surface area contributed by atoms with Crippen molar-refractivity contribution in [3.05, 3.63) is 90.0 Å². The number of anilines is 5. The van der Waals surface area contributed by atoms with Crippen LogP contribution in [0.4, 0.5) is 42.4 Å². The van der Waals surface area contributed by atoms with E-state index >= 15 is 0 Å². The molecule has 0 atom stereocenters. The summed E-state index contributed by atoms with van der Waals surface area (Å²) in [5.74, 6) is 0.490. The summed E-state index contributed by atoms with van der Waals surface area (Å²) in [5, 5.41) is 18.8. The Morgan fingerprint density at radius 3 is 1.98 bits per heavy atom. The standard InChI is InChI=1S/C30H31F3N6O4/c31-30(32,33)25-10-5-4-9-24(25)26(41)11-6-17-42-19-20-43-18-16-34-27-37-28(35-21-7-2-1-3-8-21)39-29(38-27)36-22-12-14-23(40)15-13-22/h1-5,7-10,12-15,40H,6,11,16-20H2,(H3,34,35,36,37,38,39). The van der Waals surface area contributed by atoms with Crippen molar-refractivity contribution in [3.8, 4) is 5.75 Å². The number of hydrogen-bond acceptors (Lipinski definition) is 10. The molecule has 4 aromatic rings. The van der Waals surface area contributed by atoms with Crippen LogP contribution in [0.3, 0.4) is 0 Å². The van der Waals surface area contributed by atoms with E-state index in [9.17, 15) is 23.1 Å². The van der Waals surface area contributed by atoms with Crippen LogP contribution in [0.5, 0.6) is 5.75 Å². The van der Waals surface area contributed by atoms with Gasteiger partial charge in [0.15, 0.2) is 5.78 Å². The predicted molar refractivity (Wildman–Crippen MR) is 156 cm³/mol. The number of nitrogens with zero attached hydrogens (tertiary/aromatic N) is 3. The smallest absolute Gasteiger partial charge is 0.417 e. The number of hydrogen-bond donors (Lipinski definition) is 4. The molecule has 10 nitrogen and oxygen atoms in total. The Morgan fingerprint density at radius 2 is 1.30 bits per heavy atom.